The number of pyridine rings is 1. The van der Waals surface area contributed by atoms with Crippen LogP contribution in [0.25, 0.3) is 21.9 Å². The Morgan fingerprint density at radius 3 is 2.53 bits per heavy atom. The predicted molar refractivity (Wildman–Crippen MR) is 128 cm³/mol. The van der Waals surface area contributed by atoms with E-state index in [1.165, 1.54) is 0 Å². The van der Waals surface area contributed by atoms with Gasteiger partial charge >= 0.3 is 0 Å². The highest BCUT2D eigenvalue weighted by atomic mass is 35.5. The summed E-state index contributed by atoms with van der Waals surface area (Å²) in [5.74, 6) is -0.481. The zero-order valence-electron chi connectivity index (χ0n) is 17.2. The Labute approximate surface area is 190 Å². The molecule has 1 amide bonds. The van der Waals surface area contributed by atoms with Crippen LogP contribution in [0.15, 0.2) is 90.3 Å². The molecule has 3 N–H and O–H groups in total. The monoisotopic (exact) mass is 440 g/mol. The van der Waals surface area contributed by atoms with Gasteiger partial charge < -0.3 is 5.73 Å². The Morgan fingerprint density at radius 2 is 1.78 bits per heavy atom. The highest BCUT2D eigenvalue weighted by Crippen LogP contribution is 2.50. The van der Waals surface area contributed by atoms with Crippen LogP contribution in [0.4, 0.5) is 0 Å². The molecule has 2 atom stereocenters. The lowest BCUT2D eigenvalue weighted by molar-refractivity contribution is -0.122. The average Bonchev–Trinajstić information content (AvgIpc) is 3.53. The predicted octanol–water partition coefficient (Wildman–Crippen LogP) is 4.88. The van der Waals surface area contributed by atoms with Crippen LogP contribution < -0.4 is 11.2 Å². The molecule has 1 heterocycles. The summed E-state index contributed by atoms with van der Waals surface area (Å²) >= 11 is 5.97. The molecule has 1 fully saturated rings. The number of fused-ring (bicyclic) bond motifs is 1. The molecular weight excluding hydrogens is 420 g/mol. The molecule has 4 aromatic rings. The van der Waals surface area contributed by atoms with Gasteiger partial charge in [0, 0.05) is 28.4 Å². The Hall–Kier alpha value is -3.54. The summed E-state index contributed by atoms with van der Waals surface area (Å²) in [5.41, 5.74) is 12.5. The third-order valence-electron chi connectivity index (χ3n) is 6.01. The molecule has 1 saturated carbocycles. The topological polar surface area (TPSA) is 80.4 Å². The van der Waals surface area contributed by atoms with Gasteiger partial charge in [0.15, 0.2) is 0 Å². The minimum atomic E-state index is -0.663. The van der Waals surface area contributed by atoms with Crippen molar-refractivity contribution in [2.45, 2.75) is 12.0 Å². The number of halogens is 1. The molecule has 0 radical (unpaired) electrons. The first-order valence-corrected chi connectivity index (χ1v) is 10.7. The van der Waals surface area contributed by atoms with Crippen molar-refractivity contribution < 1.29 is 4.79 Å². The fourth-order valence-electron chi connectivity index (χ4n) is 4.04. The van der Waals surface area contributed by atoms with Crippen molar-refractivity contribution in [3.05, 3.63) is 101 Å². The summed E-state index contributed by atoms with van der Waals surface area (Å²) in [5, 5.41) is 6.92. The standard InChI is InChI=1S/C26H21ClN4O/c27-22-10-6-18(7-11-22)17-4-8-21(9-5-17)26(28)14-24(26)25(32)31-30-16-20-3-1-2-19-15-29-13-12-23(19)20/h1-13,15-16,24H,14,28H2,(H,31,32)/b30-16+. The third kappa shape index (κ3) is 3.88. The lowest BCUT2D eigenvalue weighted by Gasteiger charge is -2.12. The molecule has 3 aromatic carbocycles. The number of benzene rings is 3. The number of nitrogens with zero attached hydrogens (tertiary/aromatic N) is 2. The first-order valence-electron chi connectivity index (χ1n) is 10.4. The zero-order valence-corrected chi connectivity index (χ0v) is 18.0. The Morgan fingerprint density at radius 1 is 1.06 bits per heavy atom. The van der Waals surface area contributed by atoms with E-state index >= 15 is 0 Å². The lowest BCUT2D eigenvalue weighted by Crippen LogP contribution is -2.30. The van der Waals surface area contributed by atoms with E-state index in [9.17, 15) is 4.79 Å². The van der Waals surface area contributed by atoms with Crippen LogP contribution in [0.5, 0.6) is 0 Å². The largest absolute Gasteiger partial charge is 0.321 e. The molecular formula is C26H21ClN4O. The van der Waals surface area contributed by atoms with Gasteiger partial charge in [0.25, 0.3) is 0 Å². The second kappa shape index (κ2) is 8.19. The van der Waals surface area contributed by atoms with Gasteiger partial charge in [0.2, 0.25) is 5.91 Å². The number of hydrogen-bond donors (Lipinski definition) is 2. The summed E-state index contributed by atoms with van der Waals surface area (Å²) in [7, 11) is 0. The first kappa shape index (κ1) is 20.4. The van der Waals surface area contributed by atoms with Crippen molar-refractivity contribution in [1.29, 1.82) is 0 Å². The summed E-state index contributed by atoms with van der Waals surface area (Å²) in [6, 6.07) is 23.5. The molecule has 1 aliphatic carbocycles. The highest BCUT2D eigenvalue weighted by molar-refractivity contribution is 6.30. The van der Waals surface area contributed by atoms with Crippen LogP contribution in [0, 0.1) is 5.92 Å². The van der Waals surface area contributed by atoms with E-state index in [4.69, 9.17) is 17.3 Å². The van der Waals surface area contributed by atoms with Crippen molar-refractivity contribution in [1.82, 2.24) is 10.4 Å². The molecule has 5 nitrogen and oxygen atoms in total. The maximum absolute atomic E-state index is 12.6. The summed E-state index contributed by atoms with van der Waals surface area (Å²) in [6.07, 6.45) is 5.79. The molecule has 0 spiro atoms. The van der Waals surface area contributed by atoms with Gasteiger partial charge in [-0.1, -0.05) is 66.2 Å². The van der Waals surface area contributed by atoms with Gasteiger partial charge in [-0.05, 0) is 46.7 Å². The van der Waals surface area contributed by atoms with Gasteiger partial charge in [0.05, 0.1) is 17.7 Å². The number of hydrazone groups is 1. The molecule has 158 valence electrons. The Balaban J connectivity index is 1.25. The number of nitrogens with two attached hydrogens (primary N) is 1. The fourth-order valence-corrected chi connectivity index (χ4v) is 4.17. The minimum Gasteiger partial charge on any atom is -0.321 e. The fraction of sp³-hybridized carbons (Fsp3) is 0.115. The molecule has 1 aromatic heterocycles. The summed E-state index contributed by atoms with van der Waals surface area (Å²) < 4.78 is 0. The number of nitrogens with one attached hydrogen (secondary N) is 1. The Bertz CT molecular complexity index is 1310. The average molecular weight is 441 g/mol. The molecule has 32 heavy (non-hydrogen) atoms. The minimum absolute atomic E-state index is 0.174. The number of carbonyl (C=O) groups is 1. The molecule has 2 unspecified atom stereocenters. The highest BCUT2D eigenvalue weighted by Gasteiger charge is 2.56. The summed E-state index contributed by atoms with van der Waals surface area (Å²) in [4.78, 5) is 16.8. The lowest BCUT2D eigenvalue weighted by atomic mass is 9.98. The number of carbonyl (C=O) groups excluding carboxylic acids is 1. The van der Waals surface area contributed by atoms with Crippen molar-refractivity contribution in [2.75, 3.05) is 0 Å². The number of rotatable bonds is 5. The van der Waals surface area contributed by atoms with Gasteiger partial charge in [-0.3, -0.25) is 9.78 Å². The summed E-state index contributed by atoms with van der Waals surface area (Å²) in [6.45, 7) is 0. The quantitative estimate of drug-likeness (QED) is 0.343. The molecule has 5 rings (SSSR count). The van der Waals surface area contributed by atoms with Crippen LogP contribution in [-0.2, 0) is 10.3 Å². The van der Waals surface area contributed by atoms with Gasteiger partial charge in [0.1, 0.15) is 0 Å². The van der Waals surface area contributed by atoms with Crippen LogP contribution >= 0.6 is 11.6 Å². The van der Waals surface area contributed by atoms with E-state index in [0.717, 1.165) is 33.0 Å². The van der Waals surface area contributed by atoms with Crippen LogP contribution in [0.3, 0.4) is 0 Å². The third-order valence-corrected chi connectivity index (χ3v) is 6.26. The SMILES string of the molecule is NC1(c2ccc(-c3ccc(Cl)cc3)cc2)CC1C(=O)N/N=C/c1cccc2cnccc12. The molecule has 6 heteroatoms. The second-order valence-electron chi connectivity index (χ2n) is 8.06. The van der Waals surface area contributed by atoms with Crippen molar-refractivity contribution in [2.24, 2.45) is 16.8 Å². The van der Waals surface area contributed by atoms with Crippen LogP contribution in [-0.4, -0.2) is 17.1 Å². The maximum atomic E-state index is 12.6. The van der Waals surface area contributed by atoms with Crippen molar-refractivity contribution in [3.63, 3.8) is 0 Å². The van der Waals surface area contributed by atoms with Crippen molar-refractivity contribution >= 4 is 34.5 Å². The van der Waals surface area contributed by atoms with E-state index in [1.807, 2.05) is 72.8 Å². The number of aromatic nitrogens is 1. The smallest absolute Gasteiger partial charge is 0.245 e. The van der Waals surface area contributed by atoms with Crippen molar-refractivity contribution in [3.8, 4) is 11.1 Å². The first-order chi connectivity index (χ1) is 15.5. The maximum Gasteiger partial charge on any atom is 0.245 e. The van der Waals surface area contributed by atoms with E-state index in [0.29, 0.717) is 11.4 Å². The van der Waals surface area contributed by atoms with Crippen LogP contribution in [0.1, 0.15) is 17.5 Å². The normalized spacial score (nSPS) is 19.9. The van der Waals surface area contributed by atoms with Gasteiger partial charge in [-0.15, -0.1) is 0 Å². The van der Waals surface area contributed by atoms with E-state index in [-0.39, 0.29) is 11.8 Å². The molecule has 1 aliphatic rings. The number of amides is 1. The van der Waals surface area contributed by atoms with E-state index < -0.39 is 5.54 Å². The van der Waals surface area contributed by atoms with Gasteiger partial charge in [-0.25, -0.2) is 5.43 Å². The second-order valence-corrected chi connectivity index (χ2v) is 8.50. The molecule has 0 saturated heterocycles. The van der Waals surface area contributed by atoms with Gasteiger partial charge in [-0.2, -0.15) is 5.10 Å². The number of hydrogen-bond acceptors (Lipinski definition) is 4. The van der Waals surface area contributed by atoms with E-state index in [1.54, 1.807) is 18.6 Å². The molecule has 0 aliphatic heterocycles. The van der Waals surface area contributed by atoms with E-state index in [2.05, 4.69) is 15.5 Å². The zero-order chi connectivity index (χ0) is 22.1. The molecule has 0 bridgehead atoms. The Kier molecular flexibility index (Phi) is 5.21. The van der Waals surface area contributed by atoms with Crippen LogP contribution in [0.2, 0.25) is 5.02 Å².